The molecule has 0 aliphatic rings. The largest absolute Gasteiger partial charge is 0.334 e. The molecule has 3 rings (SSSR count). The third-order valence-corrected chi connectivity index (χ3v) is 4.58. The van der Waals surface area contributed by atoms with Crippen LogP contribution in [0.3, 0.4) is 0 Å². The summed E-state index contributed by atoms with van der Waals surface area (Å²) in [5.41, 5.74) is 0. The summed E-state index contributed by atoms with van der Waals surface area (Å²) in [5, 5.41) is 4.69. The summed E-state index contributed by atoms with van der Waals surface area (Å²) < 4.78 is 26.7. The lowest BCUT2D eigenvalue weighted by Gasteiger charge is -2.11. The summed E-state index contributed by atoms with van der Waals surface area (Å²) in [5.74, 6) is 0. The van der Waals surface area contributed by atoms with E-state index in [1.165, 1.54) is 0 Å². The van der Waals surface area contributed by atoms with Crippen LogP contribution in [-0.2, 0) is 0 Å². The average Bonchev–Trinajstić information content (AvgIpc) is 2.44. The van der Waals surface area contributed by atoms with Crippen LogP contribution in [0.25, 0.3) is 21.5 Å². The van der Waals surface area contributed by atoms with Gasteiger partial charge in [-0.25, -0.2) is 0 Å². The zero-order valence-electron chi connectivity index (χ0n) is 9.37. The van der Waals surface area contributed by atoms with Gasteiger partial charge in [0, 0.05) is 0 Å². The fourth-order valence-corrected chi connectivity index (χ4v) is 3.61. The first-order chi connectivity index (χ1) is 8.86. The molecule has 0 nitrogen and oxygen atoms in total. The van der Waals surface area contributed by atoms with Gasteiger partial charge in [-0.05, 0) is 31.9 Å². The number of halogens is 2. The van der Waals surface area contributed by atoms with Gasteiger partial charge in [-0.3, -0.25) is 0 Å². The molecule has 0 atom stereocenters. The maximum Gasteiger partial charge on any atom is 0.334 e. The van der Waals surface area contributed by atoms with Gasteiger partial charge < -0.3 is 8.22 Å². The molecule has 0 fully saturated rings. The minimum absolute atomic E-state index is 0.684. The Kier molecular flexibility index (Phi) is 2.97. The van der Waals surface area contributed by atoms with E-state index in [0.29, 0.717) is 10.4 Å². The van der Waals surface area contributed by atoms with Crippen molar-refractivity contribution in [3.63, 3.8) is 0 Å². The molecule has 3 aromatic carbocycles. The summed E-state index contributed by atoms with van der Waals surface area (Å²) in [6.07, 6.45) is 0. The van der Waals surface area contributed by atoms with Crippen LogP contribution in [0.4, 0.5) is 8.22 Å². The molecule has 0 spiro atoms. The standard InChI is InChI=1S/C14H8F2Si2/c15-17-13-9-5-1-2-6-10(9)14(18-16)12-8-4-3-7-11(12)13/h1-8H. The van der Waals surface area contributed by atoms with Crippen molar-refractivity contribution in [1.82, 2.24) is 0 Å². The predicted molar refractivity (Wildman–Crippen MR) is 74.4 cm³/mol. The van der Waals surface area contributed by atoms with E-state index in [1.54, 1.807) is 0 Å². The normalized spacial score (nSPS) is 11.2. The average molecular weight is 270 g/mol. The van der Waals surface area contributed by atoms with Gasteiger partial charge in [-0.1, -0.05) is 48.5 Å². The van der Waals surface area contributed by atoms with Gasteiger partial charge in [0.1, 0.15) is 0 Å². The first kappa shape index (κ1) is 11.6. The highest BCUT2D eigenvalue weighted by molar-refractivity contribution is 6.62. The summed E-state index contributed by atoms with van der Waals surface area (Å²) >= 11 is 0. The van der Waals surface area contributed by atoms with Crippen LogP contribution in [0, 0.1) is 0 Å². The highest BCUT2D eigenvalue weighted by Gasteiger charge is 2.14. The van der Waals surface area contributed by atoms with Crippen molar-refractivity contribution in [2.24, 2.45) is 0 Å². The molecule has 4 heteroatoms. The van der Waals surface area contributed by atoms with E-state index in [4.69, 9.17) is 0 Å². The zero-order chi connectivity index (χ0) is 12.5. The molecule has 0 amide bonds. The van der Waals surface area contributed by atoms with Crippen molar-refractivity contribution in [3.05, 3.63) is 48.5 Å². The summed E-state index contributed by atoms with van der Waals surface area (Å²) in [7, 11) is -1.57. The minimum atomic E-state index is -0.784. The van der Waals surface area contributed by atoms with Crippen molar-refractivity contribution >= 4 is 51.6 Å². The van der Waals surface area contributed by atoms with Crippen LogP contribution < -0.4 is 10.4 Å². The molecule has 0 saturated carbocycles. The molecule has 0 aliphatic carbocycles. The lowest BCUT2D eigenvalue weighted by Crippen LogP contribution is -2.22. The second kappa shape index (κ2) is 4.63. The molecular weight excluding hydrogens is 262 g/mol. The summed E-state index contributed by atoms with van der Waals surface area (Å²) in [6.45, 7) is 0. The van der Waals surface area contributed by atoms with Crippen LogP contribution in [0.5, 0.6) is 0 Å². The summed E-state index contributed by atoms with van der Waals surface area (Å²) in [4.78, 5) is 0. The third-order valence-electron chi connectivity index (χ3n) is 3.12. The van der Waals surface area contributed by atoms with Gasteiger partial charge in [0.05, 0.1) is 0 Å². The monoisotopic (exact) mass is 270 g/mol. The van der Waals surface area contributed by atoms with Crippen molar-refractivity contribution in [2.45, 2.75) is 0 Å². The van der Waals surface area contributed by atoms with E-state index in [-0.39, 0.29) is 0 Å². The third kappa shape index (κ3) is 1.60. The van der Waals surface area contributed by atoms with Crippen LogP contribution in [0.1, 0.15) is 0 Å². The predicted octanol–water partition coefficient (Wildman–Crippen LogP) is 2.42. The Bertz CT molecular complexity index is 606. The Hall–Kier alpha value is -1.53. The van der Waals surface area contributed by atoms with Crippen molar-refractivity contribution in [2.75, 3.05) is 0 Å². The highest BCUT2D eigenvalue weighted by atomic mass is 28.3. The fourth-order valence-electron chi connectivity index (χ4n) is 2.33. The first-order valence-electron chi connectivity index (χ1n) is 5.53. The first-order valence-corrected chi connectivity index (χ1v) is 7.29. The van der Waals surface area contributed by atoms with Crippen LogP contribution >= 0.6 is 0 Å². The Labute approximate surface area is 109 Å². The van der Waals surface area contributed by atoms with Gasteiger partial charge in [-0.15, -0.1) is 0 Å². The molecule has 0 saturated heterocycles. The van der Waals surface area contributed by atoms with Crippen LogP contribution in [-0.4, -0.2) is 19.7 Å². The minimum Gasteiger partial charge on any atom is -0.308 e. The Morgan fingerprint density at radius 3 is 1.06 bits per heavy atom. The number of hydrogen-bond donors (Lipinski definition) is 0. The Morgan fingerprint density at radius 2 is 0.833 bits per heavy atom. The number of rotatable bonds is 2. The van der Waals surface area contributed by atoms with Gasteiger partial charge in [0.15, 0.2) is 0 Å². The molecule has 18 heavy (non-hydrogen) atoms. The molecule has 3 aromatic rings. The molecule has 0 heterocycles. The van der Waals surface area contributed by atoms with Gasteiger partial charge in [-0.2, -0.15) is 0 Å². The van der Waals surface area contributed by atoms with Crippen LogP contribution in [0.2, 0.25) is 0 Å². The van der Waals surface area contributed by atoms with Crippen molar-refractivity contribution < 1.29 is 8.22 Å². The second-order valence-electron chi connectivity index (χ2n) is 4.03. The maximum atomic E-state index is 13.4. The molecule has 0 aromatic heterocycles. The van der Waals surface area contributed by atoms with E-state index in [9.17, 15) is 8.22 Å². The molecule has 0 bridgehead atoms. The fraction of sp³-hybridized carbons (Fsp3) is 0. The summed E-state index contributed by atoms with van der Waals surface area (Å²) in [6, 6.07) is 14.9. The van der Waals surface area contributed by atoms with E-state index >= 15 is 0 Å². The van der Waals surface area contributed by atoms with Gasteiger partial charge >= 0.3 is 19.7 Å². The zero-order valence-corrected chi connectivity index (χ0v) is 11.4. The van der Waals surface area contributed by atoms with Crippen molar-refractivity contribution in [1.29, 1.82) is 0 Å². The lowest BCUT2D eigenvalue weighted by atomic mass is 10.0. The Balaban J connectivity index is 2.61. The molecule has 4 radical (unpaired) electrons. The molecule has 0 aliphatic heterocycles. The van der Waals surface area contributed by atoms with E-state index in [0.717, 1.165) is 21.5 Å². The molecule has 0 unspecified atom stereocenters. The van der Waals surface area contributed by atoms with E-state index < -0.39 is 19.7 Å². The van der Waals surface area contributed by atoms with E-state index in [1.807, 2.05) is 48.5 Å². The van der Waals surface area contributed by atoms with Gasteiger partial charge in [0.25, 0.3) is 0 Å². The topological polar surface area (TPSA) is 0 Å². The SMILES string of the molecule is F[Si]c1c2ccccc2c([Si]F)c2ccccc12. The molecule has 0 N–H and O–H groups in total. The van der Waals surface area contributed by atoms with Crippen molar-refractivity contribution in [3.8, 4) is 0 Å². The quantitative estimate of drug-likeness (QED) is 0.381. The Morgan fingerprint density at radius 1 is 0.556 bits per heavy atom. The number of fused-ring (bicyclic) bond motifs is 2. The second-order valence-corrected chi connectivity index (χ2v) is 5.41. The van der Waals surface area contributed by atoms with Crippen LogP contribution in [0.15, 0.2) is 48.5 Å². The van der Waals surface area contributed by atoms with Gasteiger partial charge in [0.2, 0.25) is 0 Å². The smallest absolute Gasteiger partial charge is 0.308 e. The highest BCUT2D eigenvalue weighted by Crippen LogP contribution is 2.18. The molecule has 86 valence electrons. The molecular formula is C14H8F2Si2. The number of hydrogen-bond acceptors (Lipinski definition) is 0. The maximum absolute atomic E-state index is 13.4. The number of benzene rings is 3. The van der Waals surface area contributed by atoms with E-state index in [2.05, 4.69) is 0 Å². The lowest BCUT2D eigenvalue weighted by molar-refractivity contribution is 0.884.